The molecule has 33 heavy (non-hydrogen) atoms. The van der Waals surface area contributed by atoms with E-state index in [0.29, 0.717) is 5.69 Å². The lowest BCUT2D eigenvalue weighted by atomic mass is 10.1. The van der Waals surface area contributed by atoms with Crippen LogP contribution in [0.3, 0.4) is 0 Å². The average Bonchev–Trinajstić information content (AvgIpc) is 2.77. The zero-order chi connectivity index (χ0) is 24.0. The SMILES string of the molecule is CCOc1ccc(Cl)cc1S(=O)(=O)NC(Cc1ccccc1)C(=O)Nc1cc(C)ccc1C. The molecule has 0 heterocycles. The Kier molecular flexibility index (Phi) is 8.13. The van der Waals surface area contributed by atoms with Crippen molar-refractivity contribution >= 4 is 33.2 Å². The van der Waals surface area contributed by atoms with Gasteiger partial charge in [-0.25, -0.2) is 8.42 Å². The van der Waals surface area contributed by atoms with E-state index in [9.17, 15) is 13.2 Å². The number of carbonyl (C=O) groups excluding carboxylic acids is 1. The lowest BCUT2D eigenvalue weighted by Crippen LogP contribution is -2.45. The van der Waals surface area contributed by atoms with Crippen molar-refractivity contribution in [2.24, 2.45) is 0 Å². The number of benzene rings is 3. The van der Waals surface area contributed by atoms with Gasteiger partial charge in [0.2, 0.25) is 15.9 Å². The van der Waals surface area contributed by atoms with Crippen molar-refractivity contribution in [1.82, 2.24) is 4.72 Å². The zero-order valence-corrected chi connectivity index (χ0v) is 20.3. The van der Waals surface area contributed by atoms with Crippen molar-refractivity contribution in [3.8, 4) is 5.75 Å². The van der Waals surface area contributed by atoms with Crippen LogP contribution in [-0.2, 0) is 21.2 Å². The number of sulfonamides is 1. The first-order chi connectivity index (χ1) is 15.7. The predicted molar refractivity (Wildman–Crippen MR) is 131 cm³/mol. The lowest BCUT2D eigenvalue weighted by molar-refractivity contribution is -0.117. The maximum atomic E-state index is 13.3. The summed E-state index contributed by atoms with van der Waals surface area (Å²) in [6.07, 6.45) is 0.168. The average molecular weight is 487 g/mol. The van der Waals surface area contributed by atoms with Crippen molar-refractivity contribution in [3.63, 3.8) is 0 Å². The van der Waals surface area contributed by atoms with E-state index in [1.807, 2.05) is 62.4 Å². The summed E-state index contributed by atoms with van der Waals surface area (Å²) in [4.78, 5) is 13.2. The molecule has 3 aromatic rings. The summed E-state index contributed by atoms with van der Waals surface area (Å²) in [5, 5.41) is 3.12. The molecular formula is C25H27ClN2O4S. The van der Waals surface area contributed by atoms with E-state index in [0.717, 1.165) is 16.7 Å². The molecule has 0 spiro atoms. The highest BCUT2D eigenvalue weighted by atomic mass is 35.5. The number of rotatable bonds is 9. The Bertz CT molecular complexity index is 1230. The van der Waals surface area contributed by atoms with Gasteiger partial charge in [0.05, 0.1) is 6.61 Å². The van der Waals surface area contributed by atoms with E-state index < -0.39 is 22.0 Å². The van der Waals surface area contributed by atoms with Crippen LogP contribution in [0.2, 0.25) is 5.02 Å². The minimum atomic E-state index is -4.13. The van der Waals surface area contributed by atoms with E-state index in [1.165, 1.54) is 12.1 Å². The summed E-state index contributed by atoms with van der Waals surface area (Å²) < 4.78 is 34.7. The highest BCUT2D eigenvalue weighted by molar-refractivity contribution is 7.89. The molecule has 0 aromatic heterocycles. The number of carbonyl (C=O) groups is 1. The van der Waals surface area contributed by atoms with Crippen molar-refractivity contribution in [2.75, 3.05) is 11.9 Å². The molecule has 0 aliphatic carbocycles. The van der Waals surface area contributed by atoms with E-state index >= 15 is 0 Å². The van der Waals surface area contributed by atoms with Crippen molar-refractivity contribution in [3.05, 3.63) is 88.4 Å². The van der Waals surface area contributed by atoms with Gasteiger partial charge in [-0.2, -0.15) is 4.72 Å². The van der Waals surface area contributed by atoms with E-state index in [1.54, 1.807) is 13.0 Å². The summed E-state index contributed by atoms with van der Waals surface area (Å²) in [6, 6.07) is 18.2. The molecule has 6 nitrogen and oxygen atoms in total. The van der Waals surface area contributed by atoms with Gasteiger partial charge in [0.1, 0.15) is 16.7 Å². The zero-order valence-electron chi connectivity index (χ0n) is 18.8. The van der Waals surface area contributed by atoms with Crippen molar-refractivity contribution in [1.29, 1.82) is 0 Å². The van der Waals surface area contributed by atoms with Gasteiger partial charge in [-0.3, -0.25) is 4.79 Å². The highest BCUT2D eigenvalue weighted by Gasteiger charge is 2.29. The fourth-order valence-corrected chi connectivity index (χ4v) is 4.95. The lowest BCUT2D eigenvalue weighted by Gasteiger charge is -2.21. The predicted octanol–water partition coefficient (Wildman–Crippen LogP) is 4.88. The van der Waals surface area contributed by atoms with Crippen LogP contribution in [0, 0.1) is 13.8 Å². The van der Waals surface area contributed by atoms with Gasteiger partial charge in [-0.1, -0.05) is 54.1 Å². The molecule has 1 atom stereocenters. The Balaban J connectivity index is 1.95. The third-order valence-electron chi connectivity index (χ3n) is 5.04. The Morgan fingerprint density at radius 1 is 1.03 bits per heavy atom. The quantitative estimate of drug-likeness (QED) is 0.451. The van der Waals surface area contributed by atoms with Crippen LogP contribution in [0.1, 0.15) is 23.6 Å². The maximum absolute atomic E-state index is 13.3. The Morgan fingerprint density at radius 2 is 1.76 bits per heavy atom. The Hall–Kier alpha value is -2.87. The van der Waals surface area contributed by atoms with Crippen LogP contribution in [0.25, 0.3) is 0 Å². The monoisotopic (exact) mass is 486 g/mol. The molecule has 1 unspecified atom stereocenters. The third-order valence-corrected chi connectivity index (χ3v) is 6.77. The summed E-state index contributed by atoms with van der Waals surface area (Å²) in [7, 11) is -4.13. The Labute approximate surface area is 200 Å². The number of aryl methyl sites for hydroxylation is 2. The summed E-state index contributed by atoms with van der Waals surface area (Å²) in [5.74, 6) is -0.293. The molecule has 1 amide bonds. The van der Waals surface area contributed by atoms with Crippen LogP contribution < -0.4 is 14.8 Å². The van der Waals surface area contributed by atoms with Crippen LogP contribution in [0.5, 0.6) is 5.75 Å². The fraction of sp³-hybridized carbons (Fsp3) is 0.240. The minimum Gasteiger partial charge on any atom is -0.492 e. The van der Waals surface area contributed by atoms with E-state index in [2.05, 4.69) is 10.0 Å². The second-order valence-electron chi connectivity index (χ2n) is 7.70. The smallest absolute Gasteiger partial charge is 0.245 e. The molecule has 0 saturated carbocycles. The minimum absolute atomic E-state index is 0.116. The molecule has 0 radical (unpaired) electrons. The summed E-state index contributed by atoms with van der Waals surface area (Å²) >= 11 is 6.06. The van der Waals surface area contributed by atoms with Crippen LogP contribution in [-0.4, -0.2) is 27.0 Å². The first-order valence-electron chi connectivity index (χ1n) is 10.6. The van der Waals surface area contributed by atoms with E-state index in [4.69, 9.17) is 16.3 Å². The highest BCUT2D eigenvalue weighted by Crippen LogP contribution is 2.28. The van der Waals surface area contributed by atoms with Crippen LogP contribution in [0.4, 0.5) is 5.69 Å². The number of nitrogens with one attached hydrogen (secondary N) is 2. The van der Waals surface area contributed by atoms with Gasteiger partial charge >= 0.3 is 0 Å². The molecule has 3 rings (SSSR count). The van der Waals surface area contributed by atoms with Gasteiger partial charge < -0.3 is 10.1 Å². The number of hydrogen-bond acceptors (Lipinski definition) is 4. The maximum Gasteiger partial charge on any atom is 0.245 e. The fourth-order valence-electron chi connectivity index (χ4n) is 3.35. The molecule has 8 heteroatoms. The van der Waals surface area contributed by atoms with Crippen LogP contribution in [0.15, 0.2) is 71.6 Å². The molecule has 0 aliphatic heterocycles. The standard InChI is InChI=1S/C25H27ClN2O4S/c1-4-32-23-13-12-20(26)16-24(23)33(30,31)28-22(15-19-8-6-5-7-9-19)25(29)27-21-14-17(2)10-11-18(21)3/h5-14,16,22,28H,4,15H2,1-3H3,(H,27,29). The Morgan fingerprint density at radius 3 is 2.45 bits per heavy atom. The number of hydrogen-bond donors (Lipinski definition) is 2. The molecular weight excluding hydrogens is 460 g/mol. The second-order valence-corrected chi connectivity index (χ2v) is 9.81. The van der Waals surface area contributed by atoms with Crippen molar-refractivity contribution in [2.45, 2.75) is 38.1 Å². The van der Waals surface area contributed by atoms with Crippen LogP contribution >= 0.6 is 11.6 Å². The third kappa shape index (κ3) is 6.57. The normalized spacial score (nSPS) is 12.2. The molecule has 0 fully saturated rings. The molecule has 0 bridgehead atoms. The molecule has 174 valence electrons. The number of ether oxygens (including phenoxy) is 1. The first kappa shape index (κ1) is 24.8. The topological polar surface area (TPSA) is 84.5 Å². The molecule has 0 saturated heterocycles. The van der Waals surface area contributed by atoms with Gasteiger partial charge in [0, 0.05) is 10.7 Å². The second kappa shape index (κ2) is 10.8. The molecule has 2 N–H and O–H groups in total. The summed E-state index contributed by atoms with van der Waals surface area (Å²) in [5.41, 5.74) is 3.31. The number of anilines is 1. The summed E-state index contributed by atoms with van der Waals surface area (Å²) in [6.45, 7) is 5.85. The van der Waals surface area contributed by atoms with Crippen molar-refractivity contribution < 1.29 is 17.9 Å². The van der Waals surface area contributed by atoms with Gasteiger partial charge in [0.25, 0.3) is 0 Å². The first-order valence-corrected chi connectivity index (χ1v) is 12.4. The number of amides is 1. The van der Waals surface area contributed by atoms with Gasteiger partial charge in [-0.05, 0) is 68.1 Å². The number of halogens is 1. The van der Waals surface area contributed by atoms with Gasteiger partial charge in [-0.15, -0.1) is 0 Å². The molecule has 3 aromatic carbocycles. The largest absolute Gasteiger partial charge is 0.492 e. The van der Waals surface area contributed by atoms with E-state index in [-0.39, 0.29) is 28.7 Å². The van der Waals surface area contributed by atoms with Gasteiger partial charge in [0.15, 0.2) is 0 Å². The molecule has 0 aliphatic rings.